The molecule has 0 amide bonds. The van der Waals surface area contributed by atoms with Crippen LogP contribution in [0.4, 0.5) is 0 Å². The van der Waals surface area contributed by atoms with Crippen molar-refractivity contribution in [1.82, 2.24) is 14.5 Å². The third kappa shape index (κ3) is 2.56. The molecular weight excluding hydrogens is 302 g/mol. The van der Waals surface area contributed by atoms with Crippen LogP contribution in [0.1, 0.15) is 11.4 Å². The molecule has 0 spiro atoms. The Kier molecular flexibility index (Phi) is 3.59. The second-order valence-electron chi connectivity index (χ2n) is 5.24. The summed E-state index contributed by atoms with van der Waals surface area (Å²) in [6, 6.07) is 13.5. The minimum atomic E-state index is 0.776. The van der Waals surface area contributed by atoms with E-state index in [1.54, 1.807) is 25.8 Å². The monoisotopic (exact) mass is 317 g/mol. The van der Waals surface area contributed by atoms with Crippen molar-refractivity contribution in [3.8, 4) is 11.6 Å². The summed E-state index contributed by atoms with van der Waals surface area (Å²) in [5.41, 5.74) is 2.81. The Hall–Kier alpha value is -3.34. The molecule has 1 aromatic carbocycles. The summed E-state index contributed by atoms with van der Waals surface area (Å²) < 4.78 is 12.4. The summed E-state index contributed by atoms with van der Waals surface area (Å²) in [5, 5.41) is 0. The third-order valence-electron chi connectivity index (χ3n) is 3.73. The molecule has 0 fully saturated rings. The van der Waals surface area contributed by atoms with Crippen LogP contribution in [-0.2, 0) is 0 Å². The van der Waals surface area contributed by atoms with Crippen LogP contribution in [0.15, 0.2) is 65.6 Å². The number of nitrogens with zero attached hydrogens (tertiary/aromatic N) is 3. The average molecular weight is 317 g/mol. The first-order valence-electron chi connectivity index (χ1n) is 7.53. The van der Waals surface area contributed by atoms with Crippen molar-refractivity contribution in [2.24, 2.45) is 0 Å². The predicted molar refractivity (Wildman–Crippen MR) is 93.1 cm³/mol. The number of furan rings is 1. The van der Waals surface area contributed by atoms with Gasteiger partial charge in [-0.3, -0.25) is 4.57 Å². The van der Waals surface area contributed by atoms with Gasteiger partial charge in [-0.2, -0.15) is 0 Å². The SMILES string of the molecule is COc1ccc2c(c1)nc(C=Cc1ccoc1)n2-c1ccccn1. The topological polar surface area (TPSA) is 53.1 Å². The lowest BCUT2D eigenvalue weighted by Gasteiger charge is -2.06. The zero-order valence-corrected chi connectivity index (χ0v) is 13.1. The molecule has 3 heterocycles. The molecule has 0 aliphatic rings. The van der Waals surface area contributed by atoms with Crippen LogP contribution in [0.25, 0.3) is 29.0 Å². The zero-order valence-electron chi connectivity index (χ0n) is 13.1. The number of benzene rings is 1. The van der Waals surface area contributed by atoms with E-state index < -0.39 is 0 Å². The van der Waals surface area contributed by atoms with Gasteiger partial charge in [-0.05, 0) is 42.5 Å². The molecule has 0 aliphatic carbocycles. The van der Waals surface area contributed by atoms with Gasteiger partial charge in [-0.25, -0.2) is 9.97 Å². The van der Waals surface area contributed by atoms with E-state index in [2.05, 4.69) is 4.98 Å². The van der Waals surface area contributed by atoms with E-state index in [4.69, 9.17) is 14.1 Å². The van der Waals surface area contributed by atoms with Crippen molar-refractivity contribution in [2.75, 3.05) is 7.11 Å². The van der Waals surface area contributed by atoms with Crippen LogP contribution in [-0.4, -0.2) is 21.6 Å². The van der Waals surface area contributed by atoms with Gasteiger partial charge >= 0.3 is 0 Å². The average Bonchev–Trinajstić information content (AvgIpc) is 3.27. The highest BCUT2D eigenvalue weighted by atomic mass is 16.5. The summed E-state index contributed by atoms with van der Waals surface area (Å²) in [6.07, 6.45) is 9.02. The molecule has 0 unspecified atom stereocenters. The lowest BCUT2D eigenvalue weighted by atomic mass is 10.3. The van der Waals surface area contributed by atoms with Gasteiger partial charge in [0.05, 0.1) is 30.7 Å². The number of hydrogen-bond donors (Lipinski definition) is 0. The highest BCUT2D eigenvalue weighted by Crippen LogP contribution is 2.25. The Labute approximate surface area is 138 Å². The highest BCUT2D eigenvalue weighted by Gasteiger charge is 2.12. The zero-order chi connectivity index (χ0) is 16.4. The van der Waals surface area contributed by atoms with Crippen LogP contribution < -0.4 is 4.74 Å². The van der Waals surface area contributed by atoms with Crippen molar-refractivity contribution in [2.45, 2.75) is 0 Å². The van der Waals surface area contributed by atoms with Gasteiger partial charge in [-0.1, -0.05) is 6.07 Å². The maximum Gasteiger partial charge on any atom is 0.139 e. The van der Waals surface area contributed by atoms with E-state index in [9.17, 15) is 0 Å². The van der Waals surface area contributed by atoms with Gasteiger partial charge < -0.3 is 9.15 Å². The number of imidazole rings is 1. The first-order chi connectivity index (χ1) is 11.8. The van der Waals surface area contributed by atoms with Gasteiger partial charge in [0.1, 0.15) is 17.4 Å². The maximum atomic E-state index is 5.30. The molecular formula is C19H15N3O2. The Bertz CT molecular complexity index is 986. The van der Waals surface area contributed by atoms with E-state index in [1.165, 1.54) is 0 Å². The number of pyridine rings is 1. The lowest BCUT2D eigenvalue weighted by molar-refractivity contribution is 0.415. The van der Waals surface area contributed by atoms with Crippen LogP contribution in [0, 0.1) is 0 Å². The molecule has 0 aliphatic heterocycles. The summed E-state index contributed by atoms with van der Waals surface area (Å²) in [4.78, 5) is 9.18. The second-order valence-corrected chi connectivity index (χ2v) is 5.24. The van der Waals surface area contributed by atoms with Gasteiger partial charge in [0.15, 0.2) is 0 Å². The molecule has 4 rings (SSSR count). The smallest absolute Gasteiger partial charge is 0.139 e. The van der Waals surface area contributed by atoms with E-state index in [1.807, 2.05) is 59.2 Å². The summed E-state index contributed by atoms with van der Waals surface area (Å²) in [6.45, 7) is 0. The Morgan fingerprint density at radius 1 is 1.12 bits per heavy atom. The van der Waals surface area contributed by atoms with E-state index in [0.29, 0.717) is 0 Å². The number of fused-ring (bicyclic) bond motifs is 1. The van der Waals surface area contributed by atoms with Crippen molar-refractivity contribution in [3.63, 3.8) is 0 Å². The first kappa shape index (κ1) is 14.3. The molecule has 118 valence electrons. The largest absolute Gasteiger partial charge is 0.497 e. The van der Waals surface area contributed by atoms with Crippen LogP contribution in [0.2, 0.25) is 0 Å². The van der Waals surface area contributed by atoms with Crippen molar-refractivity contribution in [3.05, 3.63) is 72.6 Å². The van der Waals surface area contributed by atoms with E-state index >= 15 is 0 Å². The molecule has 4 aromatic rings. The first-order valence-corrected chi connectivity index (χ1v) is 7.53. The minimum absolute atomic E-state index is 0.776. The van der Waals surface area contributed by atoms with E-state index in [0.717, 1.165) is 34.0 Å². The summed E-state index contributed by atoms with van der Waals surface area (Å²) >= 11 is 0. The number of ether oxygens (including phenoxy) is 1. The fraction of sp³-hybridized carbons (Fsp3) is 0.0526. The molecule has 0 N–H and O–H groups in total. The summed E-state index contributed by atoms with van der Waals surface area (Å²) in [7, 11) is 1.65. The number of hydrogen-bond acceptors (Lipinski definition) is 4. The molecule has 0 radical (unpaired) electrons. The van der Waals surface area contributed by atoms with Crippen molar-refractivity contribution < 1.29 is 9.15 Å². The Morgan fingerprint density at radius 2 is 2.08 bits per heavy atom. The van der Waals surface area contributed by atoms with Crippen LogP contribution in [0.5, 0.6) is 5.75 Å². The van der Waals surface area contributed by atoms with E-state index in [-0.39, 0.29) is 0 Å². The molecule has 5 nitrogen and oxygen atoms in total. The molecule has 3 aromatic heterocycles. The number of rotatable bonds is 4. The van der Waals surface area contributed by atoms with Gasteiger partial charge in [-0.15, -0.1) is 0 Å². The molecule has 0 bridgehead atoms. The predicted octanol–water partition coefficient (Wildman–Crippen LogP) is 4.19. The van der Waals surface area contributed by atoms with Crippen LogP contribution >= 0.6 is 0 Å². The van der Waals surface area contributed by atoms with Gasteiger partial charge in [0.2, 0.25) is 0 Å². The minimum Gasteiger partial charge on any atom is -0.497 e. The summed E-state index contributed by atoms with van der Waals surface area (Å²) in [5.74, 6) is 2.38. The quantitative estimate of drug-likeness (QED) is 0.566. The lowest BCUT2D eigenvalue weighted by Crippen LogP contribution is -1.99. The standard InChI is InChI=1S/C19H15N3O2/c1-23-15-6-7-17-16(12-15)21-19(8-5-14-9-11-24-13-14)22(17)18-4-2-3-10-20-18/h2-13H,1H3. The van der Waals surface area contributed by atoms with Gasteiger partial charge in [0.25, 0.3) is 0 Å². The molecule has 5 heteroatoms. The van der Waals surface area contributed by atoms with Crippen molar-refractivity contribution in [1.29, 1.82) is 0 Å². The second kappa shape index (κ2) is 6.04. The highest BCUT2D eigenvalue weighted by molar-refractivity contribution is 5.83. The molecule has 0 saturated carbocycles. The third-order valence-corrected chi connectivity index (χ3v) is 3.73. The number of methoxy groups -OCH3 is 1. The maximum absolute atomic E-state index is 5.30. The Morgan fingerprint density at radius 3 is 2.83 bits per heavy atom. The molecule has 0 saturated heterocycles. The van der Waals surface area contributed by atoms with Crippen molar-refractivity contribution >= 4 is 23.2 Å². The Balaban J connectivity index is 1.90. The number of aromatic nitrogens is 3. The fourth-order valence-electron chi connectivity index (χ4n) is 2.58. The van der Waals surface area contributed by atoms with Crippen LogP contribution in [0.3, 0.4) is 0 Å². The van der Waals surface area contributed by atoms with Gasteiger partial charge in [0, 0.05) is 17.8 Å². The normalized spacial score (nSPS) is 11.4. The fourth-order valence-corrected chi connectivity index (χ4v) is 2.58. The molecule has 24 heavy (non-hydrogen) atoms. The molecule has 0 atom stereocenters.